The molecule has 0 spiro atoms. The zero-order chi connectivity index (χ0) is 15.2. The van der Waals surface area contributed by atoms with Gasteiger partial charge in [-0.25, -0.2) is 0 Å². The van der Waals surface area contributed by atoms with Crippen LogP contribution in [0, 0.1) is 0 Å². The van der Waals surface area contributed by atoms with E-state index in [9.17, 15) is 9.59 Å². The van der Waals surface area contributed by atoms with Crippen molar-refractivity contribution in [3.8, 4) is 0 Å². The van der Waals surface area contributed by atoms with Gasteiger partial charge in [-0.2, -0.15) is 0 Å². The second kappa shape index (κ2) is 7.08. The maximum absolute atomic E-state index is 12.7. The Balaban J connectivity index is 2.87. The topological polar surface area (TPSA) is 49.4 Å². The second-order valence-electron chi connectivity index (χ2n) is 5.26. The van der Waals surface area contributed by atoms with Crippen molar-refractivity contribution in [2.75, 3.05) is 19.6 Å². The van der Waals surface area contributed by atoms with Gasteiger partial charge in [-0.05, 0) is 33.3 Å². The molecule has 0 saturated carbocycles. The second-order valence-corrected chi connectivity index (χ2v) is 5.26. The third-order valence-corrected chi connectivity index (χ3v) is 3.41. The molecule has 0 bridgehead atoms. The van der Waals surface area contributed by atoms with Crippen LogP contribution in [0.1, 0.15) is 33.3 Å². The number of benzene rings is 1. The summed E-state index contributed by atoms with van der Waals surface area (Å²) in [5, 5.41) is 2.72. The van der Waals surface area contributed by atoms with Crippen LogP contribution in [0.3, 0.4) is 0 Å². The fourth-order valence-electron chi connectivity index (χ4n) is 2.13. The number of likely N-dealkylation sites (N-methyl/N-ethyl adjacent to an activating group) is 2. The molecule has 0 aliphatic rings. The molecule has 110 valence electrons. The highest BCUT2D eigenvalue weighted by atomic mass is 16.2. The minimum absolute atomic E-state index is 0.0301. The fourth-order valence-corrected chi connectivity index (χ4v) is 2.13. The minimum atomic E-state index is -0.635. The molecule has 0 saturated heterocycles. The van der Waals surface area contributed by atoms with Crippen LogP contribution in [0.2, 0.25) is 0 Å². The predicted octanol–water partition coefficient (Wildman–Crippen LogP) is 1.95. The summed E-state index contributed by atoms with van der Waals surface area (Å²) in [6.07, 6.45) is 0. The zero-order valence-corrected chi connectivity index (χ0v) is 12.8. The molecule has 0 fully saturated rings. The summed E-state index contributed by atoms with van der Waals surface area (Å²) >= 11 is 0. The van der Waals surface area contributed by atoms with Gasteiger partial charge in [-0.3, -0.25) is 9.59 Å². The maximum Gasteiger partial charge on any atom is 0.239 e. The molecule has 0 aromatic heterocycles. The number of rotatable bonds is 6. The van der Waals surface area contributed by atoms with Gasteiger partial charge in [-0.1, -0.05) is 30.3 Å². The smallest absolute Gasteiger partial charge is 0.239 e. The lowest BCUT2D eigenvalue weighted by atomic mass is 9.83. The number of nitrogens with one attached hydrogen (secondary N) is 1. The Morgan fingerprint density at radius 1 is 1.15 bits per heavy atom. The zero-order valence-electron chi connectivity index (χ0n) is 12.8. The van der Waals surface area contributed by atoms with Crippen molar-refractivity contribution >= 4 is 11.8 Å². The molecule has 2 amide bonds. The lowest BCUT2D eigenvalue weighted by molar-refractivity contribution is -0.139. The van der Waals surface area contributed by atoms with E-state index in [4.69, 9.17) is 0 Å². The van der Waals surface area contributed by atoms with Crippen molar-refractivity contribution in [1.29, 1.82) is 0 Å². The van der Waals surface area contributed by atoms with E-state index in [2.05, 4.69) is 5.32 Å². The predicted molar refractivity (Wildman–Crippen MR) is 80.4 cm³/mol. The van der Waals surface area contributed by atoms with Crippen LogP contribution in [0.15, 0.2) is 30.3 Å². The Morgan fingerprint density at radius 2 is 1.75 bits per heavy atom. The van der Waals surface area contributed by atoms with Crippen molar-refractivity contribution < 1.29 is 9.59 Å². The van der Waals surface area contributed by atoms with E-state index >= 15 is 0 Å². The largest absolute Gasteiger partial charge is 0.355 e. The van der Waals surface area contributed by atoms with E-state index in [1.54, 1.807) is 4.90 Å². The molecule has 0 aliphatic carbocycles. The molecule has 0 heterocycles. The molecule has 1 aromatic carbocycles. The number of carbonyl (C=O) groups excluding carboxylic acids is 2. The molecule has 1 rings (SSSR count). The summed E-state index contributed by atoms with van der Waals surface area (Å²) in [5.74, 6) is -0.149. The number of hydrogen-bond acceptors (Lipinski definition) is 2. The van der Waals surface area contributed by atoms with Gasteiger partial charge in [0.1, 0.15) is 0 Å². The third kappa shape index (κ3) is 3.83. The Bertz CT molecular complexity index is 455. The van der Waals surface area contributed by atoms with Gasteiger partial charge in [0.25, 0.3) is 0 Å². The van der Waals surface area contributed by atoms with E-state index in [0.29, 0.717) is 13.1 Å². The number of hydrogen-bond donors (Lipinski definition) is 1. The van der Waals surface area contributed by atoms with Crippen molar-refractivity contribution in [1.82, 2.24) is 10.2 Å². The van der Waals surface area contributed by atoms with E-state index in [1.807, 2.05) is 58.0 Å². The van der Waals surface area contributed by atoms with Crippen LogP contribution >= 0.6 is 0 Å². The van der Waals surface area contributed by atoms with Gasteiger partial charge in [0, 0.05) is 13.1 Å². The standard InChI is InChI=1S/C16H24N2O2/c1-5-17-14(19)12-18(6-2)15(20)16(3,4)13-10-8-7-9-11-13/h7-11H,5-6,12H2,1-4H3,(H,17,19). The molecule has 4 heteroatoms. The van der Waals surface area contributed by atoms with Crippen molar-refractivity contribution in [2.24, 2.45) is 0 Å². The van der Waals surface area contributed by atoms with Crippen LogP contribution in [0.5, 0.6) is 0 Å². The highest BCUT2D eigenvalue weighted by molar-refractivity contribution is 5.91. The van der Waals surface area contributed by atoms with Crippen LogP contribution in [-0.2, 0) is 15.0 Å². The molecule has 0 aliphatic heterocycles. The highest BCUT2D eigenvalue weighted by Crippen LogP contribution is 2.25. The monoisotopic (exact) mass is 276 g/mol. The molecule has 20 heavy (non-hydrogen) atoms. The molecular formula is C16H24N2O2. The van der Waals surface area contributed by atoms with Gasteiger partial charge in [0.2, 0.25) is 11.8 Å². The van der Waals surface area contributed by atoms with E-state index < -0.39 is 5.41 Å². The first-order valence-electron chi connectivity index (χ1n) is 7.05. The van der Waals surface area contributed by atoms with E-state index in [-0.39, 0.29) is 18.4 Å². The van der Waals surface area contributed by atoms with Gasteiger partial charge < -0.3 is 10.2 Å². The Kier molecular flexibility index (Phi) is 5.74. The first kappa shape index (κ1) is 16.2. The third-order valence-electron chi connectivity index (χ3n) is 3.41. The summed E-state index contributed by atoms with van der Waals surface area (Å²) in [7, 11) is 0. The van der Waals surface area contributed by atoms with Crippen LogP contribution in [0.4, 0.5) is 0 Å². The molecule has 0 unspecified atom stereocenters. The average molecular weight is 276 g/mol. The van der Waals surface area contributed by atoms with Gasteiger partial charge in [-0.15, -0.1) is 0 Å². The van der Waals surface area contributed by atoms with Crippen molar-refractivity contribution in [3.05, 3.63) is 35.9 Å². The Hall–Kier alpha value is -1.84. The highest BCUT2D eigenvalue weighted by Gasteiger charge is 2.33. The number of amides is 2. The molecule has 1 N–H and O–H groups in total. The van der Waals surface area contributed by atoms with Gasteiger partial charge >= 0.3 is 0 Å². The summed E-state index contributed by atoms with van der Waals surface area (Å²) in [4.78, 5) is 26.0. The normalized spacial score (nSPS) is 11.0. The molecule has 0 atom stereocenters. The fraction of sp³-hybridized carbons (Fsp3) is 0.500. The lowest BCUT2D eigenvalue weighted by Gasteiger charge is -2.31. The summed E-state index contributed by atoms with van der Waals surface area (Å²) in [5.41, 5.74) is 0.323. The van der Waals surface area contributed by atoms with Crippen molar-refractivity contribution in [3.63, 3.8) is 0 Å². The average Bonchev–Trinajstić information content (AvgIpc) is 2.45. The summed E-state index contributed by atoms with van der Waals surface area (Å²) in [6.45, 7) is 8.75. The minimum Gasteiger partial charge on any atom is -0.355 e. The van der Waals surface area contributed by atoms with Crippen LogP contribution in [-0.4, -0.2) is 36.3 Å². The Morgan fingerprint density at radius 3 is 2.25 bits per heavy atom. The van der Waals surface area contributed by atoms with Gasteiger partial charge in [0.05, 0.1) is 12.0 Å². The number of nitrogens with zero attached hydrogens (tertiary/aromatic N) is 1. The SMILES string of the molecule is CCNC(=O)CN(CC)C(=O)C(C)(C)c1ccccc1. The molecule has 0 radical (unpaired) electrons. The maximum atomic E-state index is 12.7. The number of carbonyl (C=O) groups is 2. The van der Waals surface area contributed by atoms with E-state index in [1.165, 1.54) is 0 Å². The first-order valence-corrected chi connectivity index (χ1v) is 7.05. The quantitative estimate of drug-likeness (QED) is 0.863. The van der Waals surface area contributed by atoms with Crippen molar-refractivity contribution in [2.45, 2.75) is 33.1 Å². The lowest BCUT2D eigenvalue weighted by Crippen LogP contribution is -2.47. The van der Waals surface area contributed by atoms with Crippen LogP contribution < -0.4 is 5.32 Å². The molecular weight excluding hydrogens is 252 g/mol. The first-order chi connectivity index (χ1) is 9.43. The molecule has 4 nitrogen and oxygen atoms in total. The summed E-state index contributed by atoms with van der Waals surface area (Å²) in [6, 6.07) is 9.65. The molecule has 1 aromatic rings. The van der Waals surface area contributed by atoms with E-state index in [0.717, 1.165) is 5.56 Å². The summed E-state index contributed by atoms with van der Waals surface area (Å²) < 4.78 is 0. The van der Waals surface area contributed by atoms with Gasteiger partial charge in [0.15, 0.2) is 0 Å². The van der Waals surface area contributed by atoms with Crippen LogP contribution in [0.25, 0.3) is 0 Å². The Labute approximate surface area is 121 Å².